The molecule has 1 aromatic rings. The van der Waals surface area contributed by atoms with Crippen molar-refractivity contribution in [1.29, 1.82) is 0 Å². The molecule has 0 aliphatic carbocycles. The highest BCUT2D eigenvalue weighted by Crippen LogP contribution is 2.32. The Kier molecular flexibility index (Phi) is 6.29. The van der Waals surface area contributed by atoms with E-state index in [0.29, 0.717) is 15.1 Å². The molecule has 1 N–H and O–H groups in total. The van der Waals surface area contributed by atoms with Crippen molar-refractivity contribution in [3.63, 3.8) is 0 Å². The minimum absolute atomic E-state index is 0.464. The van der Waals surface area contributed by atoms with Crippen molar-refractivity contribution in [2.24, 2.45) is 0 Å². The number of nitrogens with one attached hydrogen (secondary N) is 1. The summed E-state index contributed by atoms with van der Waals surface area (Å²) in [6, 6.07) is 3.36. The van der Waals surface area contributed by atoms with Crippen LogP contribution in [0.25, 0.3) is 0 Å². The van der Waals surface area contributed by atoms with E-state index in [1.54, 1.807) is 12.1 Å². The molecule has 2 nitrogen and oxygen atoms in total. The molecular weight excluding hydrogens is 268 g/mol. The summed E-state index contributed by atoms with van der Waals surface area (Å²) in [6.07, 6.45) is 0.921. The van der Waals surface area contributed by atoms with Gasteiger partial charge in [0.1, 0.15) is 0 Å². The van der Waals surface area contributed by atoms with Crippen molar-refractivity contribution in [2.75, 3.05) is 25.1 Å². The van der Waals surface area contributed by atoms with Crippen LogP contribution in [0.15, 0.2) is 12.1 Å². The highest BCUT2D eigenvalue weighted by atomic mass is 35.5. The van der Waals surface area contributed by atoms with E-state index in [0.717, 1.165) is 31.9 Å². The lowest BCUT2D eigenvalue weighted by atomic mass is 10.3. The molecule has 16 heavy (non-hydrogen) atoms. The van der Waals surface area contributed by atoms with Gasteiger partial charge in [0.05, 0.1) is 20.8 Å². The van der Waals surface area contributed by atoms with Gasteiger partial charge in [-0.1, -0.05) is 34.8 Å². The van der Waals surface area contributed by atoms with Crippen LogP contribution >= 0.6 is 34.8 Å². The van der Waals surface area contributed by atoms with E-state index in [1.165, 1.54) is 0 Å². The van der Waals surface area contributed by atoms with Crippen LogP contribution < -0.4 is 5.32 Å². The molecule has 0 aromatic heterocycles. The van der Waals surface area contributed by atoms with Crippen molar-refractivity contribution in [3.8, 4) is 0 Å². The Morgan fingerprint density at radius 3 is 2.50 bits per heavy atom. The van der Waals surface area contributed by atoms with E-state index < -0.39 is 0 Å². The summed E-state index contributed by atoms with van der Waals surface area (Å²) in [5.74, 6) is 0. The monoisotopic (exact) mass is 281 g/mol. The second-order valence-corrected chi connectivity index (χ2v) is 4.45. The lowest BCUT2D eigenvalue weighted by molar-refractivity contribution is 0.147. The molecule has 5 heteroatoms. The van der Waals surface area contributed by atoms with Gasteiger partial charge in [0.2, 0.25) is 0 Å². The minimum Gasteiger partial charge on any atom is -0.384 e. The Morgan fingerprint density at radius 1 is 1.12 bits per heavy atom. The topological polar surface area (TPSA) is 21.3 Å². The normalized spacial score (nSPS) is 10.5. The maximum Gasteiger partial charge on any atom is 0.0653 e. The Hall–Kier alpha value is -0.150. The Balaban J connectivity index is 2.45. The van der Waals surface area contributed by atoms with Gasteiger partial charge in [-0.15, -0.1) is 0 Å². The molecule has 0 atom stereocenters. The number of halogens is 3. The van der Waals surface area contributed by atoms with Crippen molar-refractivity contribution >= 4 is 40.5 Å². The first-order valence-electron chi connectivity index (χ1n) is 5.11. The first kappa shape index (κ1) is 13.9. The highest BCUT2D eigenvalue weighted by Gasteiger charge is 2.04. The van der Waals surface area contributed by atoms with Crippen LogP contribution in [-0.2, 0) is 4.74 Å². The summed E-state index contributed by atoms with van der Waals surface area (Å²) in [6.45, 7) is 4.25. The van der Waals surface area contributed by atoms with E-state index in [4.69, 9.17) is 39.5 Å². The summed E-state index contributed by atoms with van der Waals surface area (Å²) >= 11 is 17.7. The zero-order chi connectivity index (χ0) is 12.0. The maximum atomic E-state index is 6.00. The third kappa shape index (κ3) is 4.38. The molecule has 0 unspecified atom stereocenters. The Labute approximate surface area is 111 Å². The Morgan fingerprint density at radius 2 is 1.81 bits per heavy atom. The smallest absolute Gasteiger partial charge is 0.0653 e. The molecule has 0 saturated heterocycles. The van der Waals surface area contributed by atoms with Gasteiger partial charge in [0.25, 0.3) is 0 Å². The van der Waals surface area contributed by atoms with Crippen LogP contribution in [0.4, 0.5) is 5.69 Å². The number of ether oxygens (including phenoxy) is 1. The molecule has 0 fully saturated rings. The van der Waals surface area contributed by atoms with E-state index in [1.807, 2.05) is 6.92 Å². The van der Waals surface area contributed by atoms with Crippen LogP contribution in [-0.4, -0.2) is 19.8 Å². The molecule has 1 aromatic carbocycles. The summed E-state index contributed by atoms with van der Waals surface area (Å²) in [5, 5.41) is 4.72. The van der Waals surface area contributed by atoms with E-state index in [2.05, 4.69) is 5.32 Å². The van der Waals surface area contributed by atoms with Crippen LogP contribution in [0.1, 0.15) is 13.3 Å². The number of benzene rings is 1. The van der Waals surface area contributed by atoms with Gasteiger partial charge in [0, 0.05) is 19.8 Å². The van der Waals surface area contributed by atoms with Crippen LogP contribution in [0, 0.1) is 0 Å². The van der Waals surface area contributed by atoms with Gasteiger partial charge in [-0.05, 0) is 25.5 Å². The van der Waals surface area contributed by atoms with E-state index in [9.17, 15) is 0 Å². The van der Waals surface area contributed by atoms with Gasteiger partial charge >= 0.3 is 0 Å². The van der Waals surface area contributed by atoms with Gasteiger partial charge in [0.15, 0.2) is 0 Å². The van der Waals surface area contributed by atoms with Crippen molar-refractivity contribution in [3.05, 3.63) is 27.2 Å². The van der Waals surface area contributed by atoms with Crippen LogP contribution in [0.3, 0.4) is 0 Å². The molecular formula is C11H14Cl3NO. The van der Waals surface area contributed by atoms with Crippen molar-refractivity contribution in [1.82, 2.24) is 0 Å². The maximum absolute atomic E-state index is 6.00. The largest absolute Gasteiger partial charge is 0.384 e. The lowest BCUT2D eigenvalue weighted by Crippen LogP contribution is -2.06. The molecule has 0 heterocycles. The highest BCUT2D eigenvalue weighted by molar-refractivity contribution is 6.44. The number of rotatable bonds is 6. The zero-order valence-corrected chi connectivity index (χ0v) is 11.3. The minimum atomic E-state index is 0.464. The number of hydrogen-bond acceptors (Lipinski definition) is 2. The molecule has 0 radical (unpaired) electrons. The van der Waals surface area contributed by atoms with Crippen molar-refractivity contribution < 1.29 is 4.74 Å². The van der Waals surface area contributed by atoms with E-state index >= 15 is 0 Å². The average Bonchev–Trinajstić information content (AvgIpc) is 2.25. The first-order chi connectivity index (χ1) is 7.65. The quantitative estimate of drug-likeness (QED) is 0.613. The van der Waals surface area contributed by atoms with Gasteiger partial charge < -0.3 is 10.1 Å². The first-order valence-corrected chi connectivity index (χ1v) is 6.24. The van der Waals surface area contributed by atoms with Gasteiger partial charge in [-0.25, -0.2) is 0 Å². The second kappa shape index (κ2) is 7.23. The standard InChI is InChI=1S/C11H14Cl3NO/c1-2-16-5-3-4-15-11-7-9(13)8(12)6-10(11)14/h6-7,15H,2-5H2,1H3. The molecule has 0 spiro atoms. The fourth-order valence-electron chi connectivity index (χ4n) is 1.20. The van der Waals surface area contributed by atoms with Crippen LogP contribution in [0.2, 0.25) is 15.1 Å². The number of hydrogen-bond donors (Lipinski definition) is 1. The summed E-state index contributed by atoms with van der Waals surface area (Å²) < 4.78 is 5.22. The third-order valence-corrected chi connectivity index (χ3v) is 3.03. The van der Waals surface area contributed by atoms with Crippen LogP contribution in [0.5, 0.6) is 0 Å². The summed E-state index contributed by atoms with van der Waals surface area (Å²) in [4.78, 5) is 0. The predicted octanol–water partition coefficient (Wildman–Crippen LogP) is 4.49. The predicted molar refractivity (Wildman–Crippen MR) is 71.1 cm³/mol. The Bertz CT molecular complexity index is 344. The second-order valence-electron chi connectivity index (χ2n) is 3.22. The lowest BCUT2D eigenvalue weighted by Gasteiger charge is -2.09. The molecule has 0 bridgehead atoms. The zero-order valence-electron chi connectivity index (χ0n) is 9.03. The summed E-state index contributed by atoms with van der Waals surface area (Å²) in [7, 11) is 0. The third-order valence-electron chi connectivity index (χ3n) is 1.99. The molecule has 0 aliphatic heterocycles. The van der Waals surface area contributed by atoms with Crippen molar-refractivity contribution in [2.45, 2.75) is 13.3 Å². The van der Waals surface area contributed by atoms with Gasteiger partial charge in [-0.3, -0.25) is 0 Å². The molecule has 0 saturated carbocycles. The molecule has 90 valence electrons. The summed E-state index contributed by atoms with van der Waals surface area (Å²) in [5.41, 5.74) is 0.799. The van der Waals surface area contributed by atoms with Gasteiger partial charge in [-0.2, -0.15) is 0 Å². The average molecular weight is 283 g/mol. The number of anilines is 1. The molecule has 0 aliphatic rings. The van der Waals surface area contributed by atoms with E-state index in [-0.39, 0.29) is 0 Å². The molecule has 1 rings (SSSR count). The SMILES string of the molecule is CCOCCCNc1cc(Cl)c(Cl)cc1Cl. The molecule has 0 amide bonds. The fourth-order valence-corrected chi connectivity index (χ4v) is 1.81. The fraction of sp³-hybridized carbons (Fsp3) is 0.455.